The Balaban J connectivity index is 1.77. The molecular weight excluding hydrogens is 416 g/mol. The summed E-state index contributed by atoms with van der Waals surface area (Å²) in [5, 5.41) is 10.3. The van der Waals surface area contributed by atoms with Gasteiger partial charge in [-0.1, -0.05) is 32.9 Å². The zero-order chi connectivity index (χ0) is 22.8. The molecule has 2 aliphatic rings. The number of aromatic nitrogens is 2. The van der Waals surface area contributed by atoms with E-state index in [0.717, 1.165) is 0 Å². The van der Waals surface area contributed by atoms with E-state index in [9.17, 15) is 18.3 Å². The Hall–Kier alpha value is -2.81. The van der Waals surface area contributed by atoms with Crippen molar-refractivity contribution in [2.45, 2.75) is 53.0 Å². The molecule has 166 valence electrons. The molecule has 0 saturated heterocycles. The zero-order valence-electron chi connectivity index (χ0n) is 18.2. The van der Waals surface area contributed by atoms with Crippen LogP contribution in [0.4, 0.5) is 5.95 Å². The van der Waals surface area contributed by atoms with Crippen molar-refractivity contribution >= 4 is 28.0 Å². The predicted octanol–water partition coefficient (Wildman–Crippen LogP) is 3.65. The average molecular weight is 445 g/mol. The SMILES string of the molecule is Cc1ccnc(NS(=O)(=O)C2=CCC(N=CC3=C(O)CC(C)(C)CC3=O)C(C)C=C2)n1. The second-order valence-corrected chi connectivity index (χ2v) is 10.5. The van der Waals surface area contributed by atoms with Gasteiger partial charge in [-0.2, -0.15) is 0 Å². The van der Waals surface area contributed by atoms with E-state index in [2.05, 4.69) is 19.7 Å². The van der Waals surface area contributed by atoms with Gasteiger partial charge >= 0.3 is 0 Å². The van der Waals surface area contributed by atoms with Crippen molar-refractivity contribution in [3.05, 3.63) is 52.4 Å². The van der Waals surface area contributed by atoms with Gasteiger partial charge in [0.15, 0.2) is 5.78 Å². The van der Waals surface area contributed by atoms with Gasteiger partial charge in [-0.25, -0.2) is 23.1 Å². The number of sulfonamides is 1. The van der Waals surface area contributed by atoms with Crippen molar-refractivity contribution in [2.24, 2.45) is 16.3 Å². The van der Waals surface area contributed by atoms with Gasteiger partial charge in [0.25, 0.3) is 10.0 Å². The number of rotatable bonds is 5. The van der Waals surface area contributed by atoms with Crippen molar-refractivity contribution in [1.82, 2.24) is 9.97 Å². The molecular formula is C22H28N4O4S. The monoisotopic (exact) mass is 444 g/mol. The van der Waals surface area contributed by atoms with E-state index in [1.54, 1.807) is 31.2 Å². The first-order valence-corrected chi connectivity index (χ1v) is 11.6. The molecule has 0 spiro atoms. The molecule has 0 radical (unpaired) electrons. The molecule has 0 amide bonds. The zero-order valence-corrected chi connectivity index (χ0v) is 19.0. The van der Waals surface area contributed by atoms with Crippen LogP contribution in [0, 0.1) is 18.3 Å². The number of aryl methyl sites for hydroxylation is 1. The number of Topliss-reactive ketones (excluding diaryl/α,β-unsaturated/α-hetero) is 1. The fourth-order valence-electron chi connectivity index (χ4n) is 3.59. The van der Waals surface area contributed by atoms with Crippen LogP contribution in [0.25, 0.3) is 0 Å². The van der Waals surface area contributed by atoms with Crippen molar-refractivity contribution in [3.8, 4) is 0 Å². The Morgan fingerprint density at radius 3 is 2.74 bits per heavy atom. The average Bonchev–Trinajstić information content (AvgIpc) is 2.82. The van der Waals surface area contributed by atoms with Crippen molar-refractivity contribution in [1.29, 1.82) is 0 Å². The third-order valence-electron chi connectivity index (χ3n) is 5.35. The van der Waals surface area contributed by atoms with Crippen LogP contribution in [-0.4, -0.2) is 41.5 Å². The second kappa shape index (κ2) is 8.74. The van der Waals surface area contributed by atoms with Gasteiger partial charge in [0.2, 0.25) is 5.95 Å². The number of hydrogen-bond acceptors (Lipinski definition) is 7. The lowest BCUT2D eigenvalue weighted by molar-refractivity contribution is -0.117. The van der Waals surface area contributed by atoms with E-state index in [1.807, 2.05) is 20.8 Å². The molecule has 1 heterocycles. The first-order chi connectivity index (χ1) is 14.5. The van der Waals surface area contributed by atoms with Crippen LogP contribution in [0.5, 0.6) is 0 Å². The number of nitrogens with one attached hydrogen (secondary N) is 1. The van der Waals surface area contributed by atoms with Crippen molar-refractivity contribution < 1.29 is 18.3 Å². The van der Waals surface area contributed by atoms with Gasteiger partial charge in [0, 0.05) is 30.9 Å². The lowest BCUT2D eigenvalue weighted by atomic mass is 9.77. The van der Waals surface area contributed by atoms with Gasteiger partial charge in [-0.15, -0.1) is 0 Å². The van der Waals surface area contributed by atoms with E-state index in [4.69, 9.17) is 0 Å². The molecule has 3 rings (SSSR count). The van der Waals surface area contributed by atoms with Crippen molar-refractivity contribution in [2.75, 3.05) is 4.72 Å². The van der Waals surface area contributed by atoms with E-state index in [-0.39, 0.29) is 45.3 Å². The Bertz CT molecular complexity index is 1100. The summed E-state index contributed by atoms with van der Waals surface area (Å²) in [4.78, 5) is 25.0. The number of carbonyl (C=O) groups excluding carboxylic acids is 1. The summed E-state index contributed by atoms with van der Waals surface area (Å²) in [6.07, 6.45) is 8.99. The van der Waals surface area contributed by atoms with Crippen LogP contribution in [0.3, 0.4) is 0 Å². The van der Waals surface area contributed by atoms with Gasteiger partial charge < -0.3 is 5.11 Å². The summed E-state index contributed by atoms with van der Waals surface area (Å²) in [6.45, 7) is 7.56. The third kappa shape index (κ3) is 5.66. The maximum Gasteiger partial charge on any atom is 0.263 e. The molecule has 8 nitrogen and oxygen atoms in total. The van der Waals surface area contributed by atoms with E-state index in [1.165, 1.54) is 12.4 Å². The number of allylic oxidation sites excluding steroid dienone is 3. The first-order valence-electron chi connectivity index (χ1n) is 10.2. The minimum Gasteiger partial charge on any atom is -0.511 e. The molecule has 0 bridgehead atoms. The first kappa shape index (κ1) is 22.9. The normalized spacial score (nSPS) is 24.3. The quantitative estimate of drug-likeness (QED) is 0.669. The summed E-state index contributed by atoms with van der Waals surface area (Å²) in [6, 6.07) is 1.42. The standard InChI is InChI=1S/C22H28N4O4S/c1-14-5-6-16(31(29,30)26-21-23-10-9-15(2)25-21)7-8-18(14)24-13-17-19(27)11-22(3,4)12-20(17)28/h5-7,9-10,13-14,18,27H,8,11-12H2,1-4H3,(H,23,25,26). The van der Waals surface area contributed by atoms with Crippen LogP contribution in [0.1, 0.15) is 45.7 Å². The number of hydrogen-bond donors (Lipinski definition) is 2. The minimum absolute atomic E-state index is 0.0160. The van der Waals surface area contributed by atoms with Gasteiger partial charge in [0.05, 0.1) is 16.5 Å². The Morgan fingerprint density at radius 2 is 2.06 bits per heavy atom. The van der Waals surface area contributed by atoms with Crippen LogP contribution >= 0.6 is 0 Å². The summed E-state index contributed by atoms with van der Waals surface area (Å²) < 4.78 is 27.9. The molecule has 0 saturated carbocycles. The number of aliphatic hydroxyl groups excluding tert-OH is 1. The third-order valence-corrected chi connectivity index (χ3v) is 6.73. The summed E-state index contributed by atoms with van der Waals surface area (Å²) in [5.74, 6) is -0.117. The maximum atomic E-state index is 12.8. The number of ketones is 1. The molecule has 1 aromatic rings. The Labute approximate surface area is 183 Å². The molecule has 31 heavy (non-hydrogen) atoms. The fourth-order valence-corrected chi connectivity index (χ4v) is 4.62. The van der Waals surface area contributed by atoms with Crippen molar-refractivity contribution in [3.63, 3.8) is 0 Å². The highest BCUT2D eigenvalue weighted by atomic mass is 32.2. The van der Waals surface area contributed by atoms with E-state index < -0.39 is 10.0 Å². The Kier molecular flexibility index (Phi) is 6.45. The van der Waals surface area contributed by atoms with Crippen LogP contribution < -0.4 is 4.72 Å². The number of carbonyl (C=O) groups is 1. The maximum absolute atomic E-state index is 12.8. The lowest BCUT2D eigenvalue weighted by Crippen LogP contribution is -2.26. The number of anilines is 1. The van der Waals surface area contributed by atoms with E-state index >= 15 is 0 Å². The molecule has 0 aromatic carbocycles. The second-order valence-electron chi connectivity index (χ2n) is 8.83. The topological polar surface area (TPSA) is 122 Å². The predicted molar refractivity (Wildman–Crippen MR) is 120 cm³/mol. The Morgan fingerprint density at radius 1 is 1.32 bits per heavy atom. The smallest absolute Gasteiger partial charge is 0.263 e. The minimum atomic E-state index is -3.85. The molecule has 0 fully saturated rings. The highest BCUT2D eigenvalue weighted by Crippen LogP contribution is 2.35. The molecule has 0 aliphatic heterocycles. The van der Waals surface area contributed by atoms with Gasteiger partial charge in [-0.3, -0.25) is 9.79 Å². The number of aliphatic imine (C=N–C) groups is 1. The highest BCUT2D eigenvalue weighted by Gasteiger charge is 2.32. The molecule has 9 heteroatoms. The van der Waals surface area contributed by atoms with Crippen LogP contribution in [0.15, 0.2) is 51.7 Å². The van der Waals surface area contributed by atoms with Gasteiger partial charge in [-0.05, 0) is 36.8 Å². The molecule has 2 unspecified atom stereocenters. The lowest BCUT2D eigenvalue weighted by Gasteiger charge is -2.28. The summed E-state index contributed by atoms with van der Waals surface area (Å²) in [7, 11) is -3.85. The largest absolute Gasteiger partial charge is 0.511 e. The van der Waals surface area contributed by atoms with Crippen LogP contribution in [-0.2, 0) is 14.8 Å². The molecule has 2 atom stereocenters. The van der Waals surface area contributed by atoms with Crippen LogP contribution in [0.2, 0.25) is 0 Å². The number of nitrogens with zero attached hydrogens (tertiary/aromatic N) is 3. The summed E-state index contributed by atoms with van der Waals surface area (Å²) in [5.41, 5.74) is 0.630. The molecule has 2 N–H and O–H groups in total. The molecule has 2 aliphatic carbocycles. The van der Waals surface area contributed by atoms with E-state index in [0.29, 0.717) is 25.0 Å². The highest BCUT2D eigenvalue weighted by molar-refractivity contribution is 7.96. The molecule has 1 aromatic heterocycles. The fraction of sp³-hybridized carbons (Fsp3) is 0.455. The summed E-state index contributed by atoms with van der Waals surface area (Å²) >= 11 is 0. The number of aliphatic hydroxyl groups is 1. The van der Waals surface area contributed by atoms with Gasteiger partial charge in [0.1, 0.15) is 5.76 Å².